The minimum atomic E-state index is 0.353. The van der Waals surface area contributed by atoms with Crippen LogP contribution in [0.1, 0.15) is 39.5 Å². The Morgan fingerprint density at radius 1 is 1.30 bits per heavy atom. The van der Waals surface area contributed by atoms with E-state index in [0.717, 1.165) is 32.8 Å². The van der Waals surface area contributed by atoms with Crippen LogP contribution in [-0.4, -0.2) is 74.4 Å². The average Bonchev–Trinajstić information content (AvgIpc) is 2.89. The van der Waals surface area contributed by atoms with E-state index in [1.54, 1.807) is 0 Å². The zero-order valence-corrected chi connectivity index (χ0v) is 13.8. The first kappa shape index (κ1) is 16.2. The fraction of sp³-hybridized carbons (Fsp3) is 1.00. The van der Waals surface area contributed by atoms with Gasteiger partial charge in [-0.05, 0) is 40.8 Å². The molecule has 0 aromatic carbocycles. The molecule has 20 heavy (non-hydrogen) atoms. The Kier molecular flexibility index (Phi) is 5.84. The molecule has 0 aromatic heterocycles. The molecular formula is C16H33N3O. The molecule has 1 aliphatic heterocycles. The lowest BCUT2D eigenvalue weighted by atomic mass is 9.96. The van der Waals surface area contributed by atoms with Gasteiger partial charge in [0.05, 0.1) is 12.7 Å². The molecule has 1 unspecified atom stereocenters. The molecule has 0 spiro atoms. The van der Waals surface area contributed by atoms with Gasteiger partial charge in [-0.1, -0.05) is 12.8 Å². The van der Waals surface area contributed by atoms with Crippen LogP contribution in [0.2, 0.25) is 0 Å². The molecule has 4 nitrogen and oxygen atoms in total. The first-order chi connectivity index (χ1) is 9.53. The van der Waals surface area contributed by atoms with E-state index in [0.29, 0.717) is 17.7 Å². The van der Waals surface area contributed by atoms with Crippen LogP contribution in [0.25, 0.3) is 0 Å². The van der Waals surface area contributed by atoms with Crippen LogP contribution in [0.3, 0.4) is 0 Å². The fourth-order valence-corrected chi connectivity index (χ4v) is 3.62. The van der Waals surface area contributed by atoms with E-state index >= 15 is 0 Å². The average molecular weight is 283 g/mol. The fourth-order valence-electron chi connectivity index (χ4n) is 3.62. The first-order valence-electron chi connectivity index (χ1n) is 8.27. The van der Waals surface area contributed by atoms with Crippen molar-refractivity contribution in [3.05, 3.63) is 0 Å². The third-order valence-electron chi connectivity index (χ3n) is 5.21. The maximum Gasteiger partial charge on any atom is 0.0826 e. The van der Waals surface area contributed by atoms with Crippen LogP contribution in [0.5, 0.6) is 0 Å². The Morgan fingerprint density at radius 3 is 2.60 bits per heavy atom. The van der Waals surface area contributed by atoms with E-state index in [1.165, 1.54) is 25.7 Å². The van der Waals surface area contributed by atoms with Crippen LogP contribution in [-0.2, 0) is 4.74 Å². The quantitative estimate of drug-likeness (QED) is 0.801. The van der Waals surface area contributed by atoms with Gasteiger partial charge in [-0.25, -0.2) is 0 Å². The summed E-state index contributed by atoms with van der Waals surface area (Å²) >= 11 is 0. The summed E-state index contributed by atoms with van der Waals surface area (Å²) in [5.74, 6) is 0. The summed E-state index contributed by atoms with van der Waals surface area (Å²) in [6, 6.07) is 0.629. The summed E-state index contributed by atoms with van der Waals surface area (Å²) in [6.45, 7) is 9.66. The highest BCUT2D eigenvalue weighted by Crippen LogP contribution is 2.33. The van der Waals surface area contributed by atoms with Gasteiger partial charge in [0.15, 0.2) is 0 Å². The highest BCUT2D eigenvalue weighted by Gasteiger charge is 2.35. The molecular weight excluding hydrogens is 250 g/mol. The Balaban J connectivity index is 1.75. The third-order valence-corrected chi connectivity index (χ3v) is 5.21. The summed E-state index contributed by atoms with van der Waals surface area (Å²) in [7, 11) is 4.45. The molecule has 0 bridgehead atoms. The molecule has 1 N–H and O–H groups in total. The van der Waals surface area contributed by atoms with Crippen molar-refractivity contribution in [3.8, 4) is 0 Å². The van der Waals surface area contributed by atoms with Crippen molar-refractivity contribution in [1.82, 2.24) is 15.1 Å². The largest absolute Gasteiger partial charge is 0.374 e. The van der Waals surface area contributed by atoms with Crippen LogP contribution in [0.15, 0.2) is 0 Å². The number of likely N-dealkylation sites (N-methyl/N-ethyl adjacent to an activating group) is 1. The van der Waals surface area contributed by atoms with E-state index in [1.807, 2.05) is 0 Å². The van der Waals surface area contributed by atoms with Crippen molar-refractivity contribution >= 4 is 0 Å². The third kappa shape index (κ3) is 3.94. The highest BCUT2D eigenvalue weighted by molar-refractivity contribution is 4.94. The second kappa shape index (κ2) is 7.21. The molecule has 1 atom stereocenters. The predicted molar refractivity (Wildman–Crippen MR) is 84.2 cm³/mol. The Morgan fingerprint density at radius 2 is 2.00 bits per heavy atom. The zero-order chi connectivity index (χ0) is 14.6. The molecule has 2 fully saturated rings. The monoisotopic (exact) mass is 283 g/mol. The van der Waals surface area contributed by atoms with Crippen LogP contribution >= 0.6 is 0 Å². The number of hydrogen-bond acceptors (Lipinski definition) is 4. The van der Waals surface area contributed by atoms with Gasteiger partial charge >= 0.3 is 0 Å². The topological polar surface area (TPSA) is 27.7 Å². The second-order valence-electron chi connectivity index (χ2n) is 7.04. The van der Waals surface area contributed by atoms with E-state index in [-0.39, 0.29) is 0 Å². The van der Waals surface area contributed by atoms with Crippen molar-refractivity contribution in [2.75, 3.05) is 46.9 Å². The van der Waals surface area contributed by atoms with Crippen LogP contribution < -0.4 is 5.32 Å². The van der Waals surface area contributed by atoms with Gasteiger partial charge in [-0.2, -0.15) is 0 Å². The molecule has 4 heteroatoms. The standard InChI is InChI=1S/C16H33N3O/c1-14(2)19-9-10-20-15(12-19)11-17-13-16(18(3)4)7-5-6-8-16/h14-15,17H,5-13H2,1-4H3. The number of morpholine rings is 1. The maximum atomic E-state index is 5.90. The number of ether oxygens (including phenoxy) is 1. The van der Waals surface area contributed by atoms with Gasteiger partial charge in [0.1, 0.15) is 0 Å². The van der Waals surface area contributed by atoms with Gasteiger partial charge < -0.3 is 15.0 Å². The van der Waals surface area contributed by atoms with Crippen molar-refractivity contribution in [3.63, 3.8) is 0 Å². The van der Waals surface area contributed by atoms with Crippen molar-refractivity contribution in [2.45, 2.75) is 57.2 Å². The van der Waals surface area contributed by atoms with Crippen molar-refractivity contribution in [2.24, 2.45) is 0 Å². The maximum absolute atomic E-state index is 5.90. The lowest BCUT2D eigenvalue weighted by molar-refractivity contribution is -0.0382. The summed E-state index contributed by atoms with van der Waals surface area (Å²) in [4.78, 5) is 4.95. The summed E-state index contributed by atoms with van der Waals surface area (Å²) in [5.41, 5.74) is 0.381. The van der Waals surface area contributed by atoms with Gasteiger partial charge in [-0.3, -0.25) is 4.90 Å². The first-order valence-corrected chi connectivity index (χ1v) is 8.27. The molecule has 0 aromatic rings. The molecule has 118 valence electrons. The van der Waals surface area contributed by atoms with E-state index in [2.05, 4.69) is 43.1 Å². The van der Waals surface area contributed by atoms with E-state index < -0.39 is 0 Å². The van der Waals surface area contributed by atoms with Crippen LogP contribution in [0.4, 0.5) is 0 Å². The zero-order valence-electron chi connectivity index (χ0n) is 13.8. The molecule has 1 heterocycles. The Labute approximate surface area is 124 Å². The van der Waals surface area contributed by atoms with Gasteiger partial charge in [0.25, 0.3) is 0 Å². The van der Waals surface area contributed by atoms with Gasteiger partial charge in [-0.15, -0.1) is 0 Å². The number of nitrogens with one attached hydrogen (secondary N) is 1. The Hall–Kier alpha value is -0.160. The highest BCUT2D eigenvalue weighted by atomic mass is 16.5. The van der Waals surface area contributed by atoms with Gasteiger partial charge in [0.2, 0.25) is 0 Å². The molecule has 0 radical (unpaired) electrons. The molecule has 1 saturated carbocycles. The molecule has 1 aliphatic carbocycles. The number of hydrogen-bond donors (Lipinski definition) is 1. The number of rotatable bonds is 6. The lowest BCUT2D eigenvalue weighted by Crippen LogP contribution is -2.53. The molecule has 2 aliphatic rings. The van der Waals surface area contributed by atoms with Crippen molar-refractivity contribution in [1.29, 1.82) is 0 Å². The normalized spacial score (nSPS) is 27.6. The lowest BCUT2D eigenvalue weighted by Gasteiger charge is -2.38. The van der Waals surface area contributed by atoms with Gasteiger partial charge in [0, 0.05) is 37.8 Å². The second-order valence-corrected chi connectivity index (χ2v) is 7.04. The molecule has 2 rings (SSSR count). The van der Waals surface area contributed by atoms with Crippen LogP contribution in [0, 0.1) is 0 Å². The molecule has 1 saturated heterocycles. The summed E-state index contributed by atoms with van der Waals surface area (Å²) in [5, 5.41) is 3.69. The molecule has 0 amide bonds. The number of nitrogens with zero attached hydrogens (tertiary/aromatic N) is 2. The van der Waals surface area contributed by atoms with E-state index in [9.17, 15) is 0 Å². The minimum Gasteiger partial charge on any atom is -0.374 e. The summed E-state index contributed by atoms with van der Waals surface area (Å²) in [6.07, 6.45) is 5.77. The van der Waals surface area contributed by atoms with E-state index in [4.69, 9.17) is 4.74 Å². The van der Waals surface area contributed by atoms with Crippen molar-refractivity contribution < 1.29 is 4.74 Å². The minimum absolute atomic E-state index is 0.353. The Bertz CT molecular complexity index is 287. The smallest absolute Gasteiger partial charge is 0.0826 e. The SMILES string of the molecule is CC(C)N1CCOC(CNCC2(N(C)C)CCCC2)C1. The summed E-state index contributed by atoms with van der Waals surface area (Å²) < 4.78 is 5.90. The predicted octanol–water partition coefficient (Wildman–Crippen LogP) is 1.56.